The van der Waals surface area contributed by atoms with Crippen LogP contribution in [0.3, 0.4) is 0 Å². The fourth-order valence-corrected chi connectivity index (χ4v) is 4.34. The summed E-state index contributed by atoms with van der Waals surface area (Å²) in [6, 6.07) is 12.0. The second-order valence-electron chi connectivity index (χ2n) is 6.28. The Bertz CT molecular complexity index is 417. The molecule has 1 atom stereocenters. The van der Waals surface area contributed by atoms with Crippen molar-refractivity contribution >= 4 is 11.8 Å². The van der Waals surface area contributed by atoms with Gasteiger partial charge < -0.3 is 10.6 Å². The average Bonchev–Trinajstić information content (AvgIpc) is 2.98. The van der Waals surface area contributed by atoms with Crippen molar-refractivity contribution in [3.63, 3.8) is 0 Å². The zero-order valence-electron chi connectivity index (χ0n) is 12.8. The molecule has 3 nitrogen and oxygen atoms in total. The van der Waals surface area contributed by atoms with Crippen LogP contribution in [0.15, 0.2) is 35.2 Å². The number of nitrogens with two attached hydrogens (primary N) is 1. The van der Waals surface area contributed by atoms with Crippen LogP contribution in [-0.2, 0) is 0 Å². The van der Waals surface area contributed by atoms with Gasteiger partial charge in [0.05, 0.1) is 0 Å². The maximum atomic E-state index is 6.00. The van der Waals surface area contributed by atoms with E-state index >= 15 is 0 Å². The van der Waals surface area contributed by atoms with Crippen LogP contribution in [0.2, 0.25) is 0 Å². The van der Waals surface area contributed by atoms with Crippen molar-refractivity contribution in [2.75, 3.05) is 38.5 Å². The fraction of sp³-hybridized carbons (Fsp3) is 0.647. The zero-order chi connectivity index (χ0) is 14.5. The van der Waals surface area contributed by atoms with Crippen LogP contribution in [0.4, 0.5) is 0 Å². The van der Waals surface area contributed by atoms with Crippen LogP contribution in [0.25, 0.3) is 0 Å². The summed E-state index contributed by atoms with van der Waals surface area (Å²) in [6.07, 6.45) is 3.70. The first-order chi connectivity index (χ1) is 10.3. The van der Waals surface area contributed by atoms with Crippen molar-refractivity contribution in [1.82, 2.24) is 9.80 Å². The third-order valence-electron chi connectivity index (χ3n) is 4.76. The summed E-state index contributed by atoms with van der Waals surface area (Å²) in [5, 5.41) is 0. The number of hydrogen-bond acceptors (Lipinski definition) is 4. The molecule has 2 saturated heterocycles. The van der Waals surface area contributed by atoms with Gasteiger partial charge in [-0.15, -0.1) is 11.8 Å². The van der Waals surface area contributed by atoms with Gasteiger partial charge in [0, 0.05) is 35.8 Å². The van der Waals surface area contributed by atoms with E-state index in [1.807, 2.05) is 11.8 Å². The smallest absolute Gasteiger partial charge is 0.0235 e. The number of hydrogen-bond donors (Lipinski definition) is 1. The Labute approximate surface area is 132 Å². The molecule has 2 aliphatic rings. The molecule has 0 spiro atoms. The molecular formula is C17H27N3S. The summed E-state index contributed by atoms with van der Waals surface area (Å²) in [7, 11) is 0. The largest absolute Gasteiger partial charge is 0.328 e. The lowest BCUT2D eigenvalue weighted by Gasteiger charge is -2.34. The van der Waals surface area contributed by atoms with E-state index in [1.54, 1.807) is 0 Å². The number of benzene rings is 1. The molecule has 0 saturated carbocycles. The van der Waals surface area contributed by atoms with E-state index in [0.717, 1.165) is 6.04 Å². The summed E-state index contributed by atoms with van der Waals surface area (Å²) in [4.78, 5) is 6.70. The Hall–Kier alpha value is -0.550. The first-order valence-electron chi connectivity index (χ1n) is 8.21. The summed E-state index contributed by atoms with van der Waals surface area (Å²) in [6.45, 7) is 6.15. The number of rotatable bonds is 5. The minimum atomic E-state index is 0.445. The van der Waals surface area contributed by atoms with Gasteiger partial charge in [0.2, 0.25) is 0 Å². The third-order valence-corrected chi connectivity index (χ3v) is 5.75. The zero-order valence-corrected chi connectivity index (χ0v) is 13.6. The van der Waals surface area contributed by atoms with Crippen molar-refractivity contribution in [1.29, 1.82) is 0 Å². The third kappa shape index (κ3) is 4.46. The molecule has 2 fully saturated rings. The highest BCUT2D eigenvalue weighted by Crippen LogP contribution is 2.21. The van der Waals surface area contributed by atoms with E-state index in [9.17, 15) is 0 Å². The number of piperidine rings is 1. The number of likely N-dealkylation sites (tertiary alicyclic amines) is 2. The van der Waals surface area contributed by atoms with Crippen LogP contribution < -0.4 is 5.73 Å². The predicted molar refractivity (Wildman–Crippen MR) is 90.8 cm³/mol. The molecule has 2 heterocycles. The molecule has 0 amide bonds. The Morgan fingerprint density at radius 2 is 1.81 bits per heavy atom. The van der Waals surface area contributed by atoms with E-state index in [0.29, 0.717) is 6.04 Å². The lowest BCUT2D eigenvalue weighted by Crippen LogP contribution is -2.46. The molecule has 116 valence electrons. The van der Waals surface area contributed by atoms with E-state index in [2.05, 4.69) is 40.1 Å². The van der Waals surface area contributed by atoms with Crippen molar-refractivity contribution in [2.45, 2.75) is 36.2 Å². The first kappa shape index (κ1) is 15.3. The lowest BCUT2D eigenvalue weighted by molar-refractivity contribution is 0.153. The summed E-state index contributed by atoms with van der Waals surface area (Å²) >= 11 is 1.97. The van der Waals surface area contributed by atoms with Crippen LogP contribution in [0.1, 0.15) is 19.3 Å². The van der Waals surface area contributed by atoms with Gasteiger partial charge in [-0.2, -0.15) is 0 Å². The first-order valence-corrected chi connectivity index (χ1v) is 9.19. The monoisotopic (exact) mass is 305 g/mol. The SMILES string of the molecule is NC1CCN(C2CCN(CCSc3ccccc3)C2)CC1. The summed E-state index contributed by atoms with van der Waals surface area (Å²) in [5.41, 5.74) is 6.00. The van der Waals surface area contributed by atoms with Crippen LogP contribution >= 0.6 is 11.8 Å². The van der Waals surface area contributed by atoms with E-state index in [4.69, 9.17) is 5.73 Å². The molecule has 2 N–H and O–H groups in total. The molecule has 3 rings (SSSR count). The average molecular weight is 305 g/mol. The quantitative estimate of drug-likeness (QED) is 0.846. The normalized spacial score (nSPS) is 25.5. The van der Waals surface area contributed by atoms with Crippen molar-refractivity contribution in [3.8, 4) is 0 Å². The molecular weight excluding hydrogens is 278 g/mol. The van der Waals surface area contributed by atoms with Crippen molar-refractivity contribution < 1.29 is 0 Å². The molecule has 0 aromatic heterocycles. The van der Waals surface area contributed by atoms with Gasteiger partial charge in [-0.25, -0.2) is 0 Å². The second-order valence-corrected chi connectivity index (χ2v) is 7.45. The summed E-state index contributed by atoms with van der Waals surface area (Å²) in [5.74, 6) is 1.20. The molecule has 0 bridgehead atoms. The van der Waals surface area contributed by atoms with Gasteiger partial charge in [0.15, 0.2) is 0 Å². The van der Waals surface area contributed by atoms with Crippen LogP contribution in [-0.4, -0.2) is 60.4 Å². The van der Waals surface area contributed by atoms with Crippen LogP contribution in [0, 0.1) is 0 Å². The topological polar surface area (TPSA) is 32.5 Å². The minimum Gasteiger partial charge on any atom is -0.328 e. The van der Waals surface area contributed by atoms with Gasteiger partial charge in [0.1, 0.15) is 0 Å². The molecule has 2 aliphatic heterocycles. The molecule has 1 aromatic rings. The molecule has 21 heavy (non-hydrogen) atoms. The van der Waals surface area contributed by atoms with Gasteiger partial charge in [-0.1, -0.05) is 18.2 Å². The maximum Gasteiger partial charge on any atom is 0.0235 e. The number of nitrogens with zero attached hydrogens (tertiary/aromatic N) is 2. The van der Waals surface area contributed by atoms with Crippen LogP contribution in [0.5, 0.6) is 0 Å². The maximum absolute atomic E-state index is 6.00. The van der Waals surface area contributed by atoms with Gasteiger partial charge in [-0.05, 0) is 51.0 Å². The Morgan fingerprint density at radius 1 is 1.05 bits per heavy atom. The van der Waals surface area contributed by atoms with E-state index < -0.39 is 0 Å². The highest BCUT2D eigenvalue weighted by molar-refractivity contribution is 7.99. The Kier molecular flexibility index (Phi) is 5.58. The van der Waals surface area contributed by atoms with Crippen molar-refractivity contribution in [2.24, 2.45) is 5.73 Å². The highest BCUT2D eigenvalue weighted by Gasteiger charge is 2.29. The van der Waals surface area contributed by atoms with E-state index in [1.165, 1.54) is 62.6 Å². The Morgan fingerprint density at radius 3 is 2.57 bits per heavy atom. The lowest BCUT2D eigenvalue weighted by atomic mass is 10.0. The second kappa shape index (κ2) is 7.63. The highest BCUT2D eigenvalue weighted by atomic mass is 32.2. The van der Waals surface area contributed by atoms with Gasteiger partial charge in [-0.3, -0.25) is 4.90 Å². The van der Waals surface area contributed by atoms with Gasteiger partial charge >= 0.3 is 0 Å². The van der Waals surface area contributed by atoms with Crippen molar-refractivity contribution in [3.05, 3.63) is 30.3 Å². The fourth-order valence-electron chi connectivity index (χ4n) is 3.41. The minimum absolute atomic E-state index is 0.445. The van der Waals surface area contributed by atoms with E-state index in [-0.39, 0.29) is 0 Å². The Balaban J connectivity index is 1.37. The van der Waals surface area contributed by atoms with Gasteiger partial charge in [0.25, 0.3) is 0 Å². The predicted octanol–water partition coefficient (Wildman–Crippen LogP) is 2.28. The molecule has 1 unspecified atom stereocenters. The standard InChI is InChI=1S/C17H27N3S/c18-15-6-10-20(11-7-15)16-8-9-19(14-16)12-13-21-17-4-2-1-3-5-17/h1-5,15-16H,6-14,18H2. The molecule has 0 aliphatic carbocycles. The molecule has 0 radical (unpaired) electrons. The number of thioether (sulfide) groups is 1. The molecule has 1 aromatic carbocycles. The molecule has 4 heteroatoms. The summed E-state index contributed by atoms with van der Waals surface area (Å²) < 4.78 is 0.